The maximum absolute atomic E-state index is 5.21. The van der Waals surface area contributed by atoms with Crippen LogP contribution in [0.25, 0.3) is 44.7 Å². The Bertz CT molecular complexity index is 1650. The second-order valence-corrected chi connectivity index (χ2v) is 10.5. The number of hydrogen-bond donors (Lipinski definition) is 0. The second-order valence-electron chi connectivity index (χ2n) is 10.5. The van der Waals surface area contributed by atoms with E-state index in [0.717, 1.165) is 16.6 Å². The lowest BCUT2D eigenvalue weighted by Crippen LogP contribution is -2.24. The van der Waals surface area contributed by atoms with Gasteiger partial charge in [0, 0.05) is 27.5 Å². The van der Waals surface area contributed by atoms with Gasteiger partial charge in [0.1, 0.15) is 11.0 Å². The topological polar surface area (TPSA) is 38.7 Å². The molecule has 0 radical (unpaired) electrons. The Morgan fingerprint density at radius 3 is 1.62 bits per heavy atom. The third-order valence-electron chi connectivity index (χ3n) is 7.93. The van der Waals surface area contributed by atoms with Crippen LogP contribution in [0.15, 0.2) is 78.9 Å². The summed E-state index contributed by atoms with van der Waals surface area (Å²) in [5.41, 5.74) is 13.0. The first kappa shape index (κ1) is 19.6. The lowest BCUT2D eigenvalue weighted by atomic mass is 9.72. The van der Waals surface area contributed by atoms with Gasteiger partial charge < -0.3 is 0 Å². The standard InChI is InChI=1S/C31H25N3/c1-30(2)21-16-10-8-14-19(21)23-25(30)26-24(20-15-9-11-17-22(20)31(26,3)4)28-27(23)32-29(34-33-28)18-12-6-5-7-13-18/h5-17H,1-4H3. The van der Waals surface area contributed by atoms with Crippen LogP contribution in [0.1, 0.15) is 49.9 Å². The van der Waals surface area contributed by atoms with Crippen LogP contribution in [0.5, 0.6) is 0 Å². The molecule has 0 N–H and O–H groups in total. The van der Waals surface area contributed by atoms with E-state index in [1.807, 2.05) is 30.3 Å². The van der Waals surface area contributed by atoms with E-state index in [1.54, 1.807) is 0 Å². The fourth-order valence-corrected chi connectivity index (χ4v) is 6.40. The number of hydrogen-bond acceptors (Lipinski definition) is 3. The highest BCUT2D eigenvalue weighted by molar-refractivity contribution is 6.09. The molecule has 2 aliphatic rings. The quantitative estimate of drug-likeness (QED) is 0.275. The minimum Gasteiger partial charge on any atom is -0.224 e. The highest BCUT2D eigenvalue weighted by Crippen LogP contribution is 2.61. The monoisotopic (exact) mass is 439 g/mol. The first-order valence-corrected chi connectivity index (χ1v) is 11.9. The normalized spacial score (nSPS) is 16.1. The minimum absolute atomic E-state index is 0.136. The van der Waals surface area contributed by atoms with Gasteiger partial charge in [-0.1, -0.05) is 107 Å². The molecule has 5 aromatic rings. The Morgan fingerprint density at radius 1 is 0.529 bits per heavy atom. The Kier molecular flexibility index (Phi) is 3.68. The summed E-state index contributed by atoms with van der Waals surface area (Å²) in [7, 11) is 0. The van der Waals surface area contributed by atoms with E-state index in [9.17, 15) is 0 Å². The van der Waals surface area contributed by atoms with Crippen molar-refractivity contribution in [3.8, 4) is 33.6 Å². The SMILES string of the molecule is CC1(C)c2ccccc2-c2c1c1c(c3nc(-c4ccccc4)nnc23)-c2ccccc2C1(C)C. The van der Waals surface area contributed by atoms with Gasteiger partial charge in [0.05, 0.1) is 0 Å². The summed E-state index contributed by atoms with van der Waals surface area (Å²) in [5, 5.41) is 9.51. The molecule has 0 saturated carbocycles. The van der Waals surface area contributed by atoms with Crippen molar-refractivity contribution in [1.29, 1.82) is 0 Å². The molecule has 0 atom stereocenters. The van der Waals surface area contributed by atoms with Crippen molar-refractivity contribution in [1.82, 2.24) is 15.2 Å². The van der Waals surface area contributed by atoms with Gasteiger partial charge >= 0.3 is 0 Å². The van der Waals surface area contributed by atoms with Crippen LogP contribution in [-0.4, -0.2) is 15.2 Å². The molecule has 3 nitrogen and oxygen atoms in total. The van der Waals surface area contributed by atoms with Crippen molar-refractivity contribution < 1.29 is 0 Å². The molecule has 1 heterocycles. The first-order valence-electron chi connectivity index (χ1n) is 11.9. The highest BCUT2D eigenvalue weighted by atomic mass is 15.2. The molecule has 0 aliphatic heterocycles. The predicted octanol–water partition coefficient (Wildman–Crippen LogP) is 7.30. The number of benzene rings is 4. The minimum atomic E-state index is -0.138. The van der Waals surface area contributed by atoms with E-state index in [0.29, 0.717) is 5.82 Å². The molecule has 3 heteroatoms. The van der Waals surface area contributed by atoms with E-state index in [-0.39, 0.29) is 10.8 Å². The van der Waals surface area contributed by atoms with Crippen LogP contribution in [0.2, 0.25) is 0 Å². The maximum atomic E-state index is 5.21. The van der Waals surface area contributed by atoms with E-state index in [1.165, 1.54) is 44.5 Å². The Balaban J connectivity index is 1.71. The number of rotatable bonds is 1. The summed E-state index contributed by atoms with van der Waals surface area (Å²) < 4.78 is 0. The average molecular weight is 440 g/mol. The third-order valence-corrected chi connectivity index (χ3v) is 7.93. The smallest absolute Gasteiger partial charge is 0.182 e. The first-order chi connectivity index (χ1) is 16.4. The molecule has 164 valence electrons. The van der Waals surface area contributed by atoms with Gasteiger partial charge in [0.2, 0.25) is 0 Å². The fraction of sp³-hybridized carbons (Fsp3) is 0.194. The van der Waals surface area contributed by atoms with Crippen LogP contribution in [0, 0.1) is 0 Å². The molecule has 1 aromatic heterocycles. The van der Waals surface area contributed by atoms with Gasteiger partial charge in [-0.15, -0.1) is 10.2 Å². The average Bonchev–Trinajstić information content (AvgIpc) is 3.24. The van der Waals surface area contributed by atoms with Crippen molar-refractivity contribution in [2.24, 2.45) is 0 Å². The molecule has 4 aromatic carbocycles. The summed E-state index contributed by atoms with van der Waals surface area (Å²) in [6, 6.07) is 27.7. The molecular formula is C31H25N3. The maximum Gasteiger partial charge on any atom is 0.182 e. The molecule has 2 aliphatic carbocycles. The molecule has 7 rings (SSSR count). The zero-order valence-electron chi connectivity index (χ0n) is 19.8. The number of aromatic nitrogens is 3. The van der Waals surface area contributed by atoms with Crippen molar-refractivity contribution >= 4 is 11.0 Å². The lowest BCUT2D eigenvalue weighted by Gasteiger charge is -2.31. The molecule has 0 fully saturated rings. The molecule has 34 heavy (non-hydrogen) atoms. The van der Waals surface area contributed by atoms with E-state index < -0.39 is 0 Å². The van der Waals surface area contributed by atoms with Gasteiger partial charge in [0.15, 0.2) is 5.82 Å². The molecule has 0 spiro atoms. The van der Waals surface area contributed by atoms with Crippen molar-refractivity contribution in [2.75, 3.05) is 0 Å². The van der Waals surface area contributed by atoms with Gasteiger partial charge in [-0.05, 0) is 33.4 Å². The van der Waals surface area contributed by atoms with E-state index in [2.05, 4.69) is 81.3 Å². The van der Waals surface area contributed by atoms with Crippen LogP contribution in [0.4, 0.5) is 0 Å². The summed E-state index contributed by atoms with van der Waals surface area (Å²) in [4.78, 5) is 5.21. The Hall–Kier alpha value is -3.85. The van der Waals surface area contributed by atoms with Gasteiger partial charge in [-0.3, -0.25) is 0 Å². The van der Waals surface area contributed by atoms with E-state index in [4.69, 9.17) is 10.1 Å². The largest absolute Gasteiger partial charge is 0.224 e. The lowest BCUT2D eigenvalue weighted by molar-refractivity contribution is 0.601. The molecule has 0 unspecified atom stereocenters. The second kappa shape index (κ2) is 6.38. The Labute approximate surface area is 199 Å². The predicted molar refractivity (Wildman–Crippen MR) is 138 cm³/mol. The van der Waals surface area contributed by atoms with E-state index >= 15 is 0 Å². The van der Waals surface area contributed by atoms with Crippen LogP contribution in [0.3, 0.4) is 0 Å². The van der Waals surface area contributed by atoms with Crippen LogP contribution >= 0.6 is 0 Å². The van der Waals surface area contributed by atoms with Gasteiger partial charge in [-0.2, -0.15) is 0 Å². The van der Waals surface area contributed by atoms with Gasteiger partial charge in [0.25, 0.3) is 0 Å². The zero-order chi connectivity index (χ0) is 23.2. The van der Waals surface area contributed by atoms with Crippen LogP contribution < -0.4 is 0 Å². The summed E-state index contributed by atoms with van der Waals surface area (Å²) in [6.07, 6.45) is 0. The summed E-state index contributed by atoms with van der Waals surface area (Å²) >= 11 is 0. The number of fused-ring (bicyclic) bond motifs is 10. The molecule has 0 amide bonds. The van der Waals surface area contributed by atoms with Gasteiger partial charge in [-0.25, -0.2) is 4.98 Å². The highest BCUT2D eigenvalue weighted by Gasteiger charge is 2.47. The van der Waals surface area contributed by atoms with Crippen molar-refractivity contribution in [2.45, 2.75) is 38.5 Å². The molecule has 0 saturated heterocycles. The summed E-state index contributed by atoms with van der Waals surface area (Å²) in [6.45, 7) is 9.41. The van der Waals surface area contributed by atoms with Crippen LogP contribution in [-0.2, 0) is 10.8 Å². The number of nitrogens with zero attached hydrogens (tertiary/aromatic N) is 3. The Morgan fingerprint density at radius 2 is 1.03 bits per heavy atom. The van der Waals surface area contributed by atoms with Crippen molar-refractivity contribution in [3.05, 3.63) is 101 Å². The molecular weight excluding hydrogens is 414 g/mol. The zero-order valence-corrected chi connectivity index (χ0v) is 19.8. The third kappa shape index (κ3) is 2.29. The van der Waals surface area contributed by atoms with Crippen molar-refractivity contribution in [3.63, 3.8) is 0 Å². The fourth-order valence-electron chi connectivity index (χ4n) is 6.40. The summed E-state index contributed by atoms with van der Waals surface area (Å²) in [5.74, 6) is 0.669. The molecule has 0 bridgehead atoms.